The maximum absolute atomic E-state index is 13.0. The number of anilines is 1. The molecule has 3 aromatic rings. The SMILES string of the molecule is Cc1cc(C)n(CC(C)NC(=O)c2cccc3cnc(N[C@H]4CC[C@H](O)CC4)nc23)n1. The number of para-hydroxylation sites is 1. The molecule has 0 bridgehead atoms. The van der Waals surface area contributed by atoms with Gasteiger partial charge in [-0.15, -0.1) is 0 Å². The molecule has 0 radical (unpaired) electrons. The summed E-state index contributed by atoms with van der Waals surface area (Å²) in [5.41, 5.74) is 3.20. The minimum absolute atomic E-state index is 0.0890. The first-order chi connectivity index (χ1) is 14.9. The summed E-state index contributed by atoms with van der Waals surface area (Å²) >= 11 is 0. The van der Waals surface area contributed by atoms with Crippen LogP contribution >= 0.6 is 0 Å². The van der Waals surface area contributed by atoms with Crippen molar-refractivity contribution >= 4 is 22.8 Å². The smallest absolute Gasteiger partial charge is 0.253 e. The topological polar surface area (TPSA) is 105 Å². The zero-order chi connectivity index (χ0) is 22.0. The van der Waals surface area contributed by atoms with E-state index in [1.54, 1.807) is 12.3 Å². The first kappa shape index (κ1) is 21.2. The molecule has 1 aromatic carbocycles. The van der Waals surface area contributed by atoms with Crippen LogP contribution < -0.4 is 10.6 Å². The zero-order valence-corrected chi connectivity index (χ0v) is 18.3. The number of hydrogen-bond donors (Lipinski definition) is 3. The average Bonchev–Trinajstić information content (AvgIpc) is 3.05. The lowest BCUT2D eigenvalue weighted by molar-refractivity contribution is 0.0937. The van der Waals surface area contributed by atoms with Gasteiger partial charge in [0.25, 0.3) is 5.91 Å². The van der Waals surface area contributed by atoms with Crippen LogP contribution in [0.25, 0.3) is 10.9 Å². The third-order valence-corrected chi connectivity index (χ3v) is 5.81. The van der Waals surface area contributed by atoms with Crippen molar-refractivity contribution in [2.75, 3.05) is 5.32 Å². The lowest BCUT2D eigenvalue weighted by Gasteiger charge is -2.26. The lowest BCUT2D eigenvalue weighted by Crippen LogP contribution is -2.36. The fraction of sp³-hybridized carbons (Fsp3) is 0.478. The summed E-state index contributed by atoms with van der Waals surface area (Å²) in [4.78, 5) is 22.1. The van der Waals surface area contributed by atoms with Gasteiger partial charge in [0, 0.05) is 29.4 Å². The largest absolute Gasteiger partial charge is 0.393 e. The van der Waals surface area contributed by atoms with Crippen molar-refractivity contribution in [2.45, 2.75) is 71.2 Å². The Morgan fingerprint density at radius 1 is 1.26 bits per heavy atom. The molecule has 0 aliphatic heterocycles. The van der Waals surface area contributed by atoms with E-state index in [0.29, 0.717) is 23.6 Å². The minimum atomic E-state index is -0.206. The van der Waals surface area contributed by atoms with Crippen LogP contribution in [-0.2, 0) is 6.54 Å². The first-order valence-corrected chi connectivity index (χ1v) is 10.9. The van der Waals surface area contributed by atoms with E-state index < -0.39 is 0 Å². The van der Waals surface area contributed by atoms with E-state index in [0.717, 1.165) is 42.5 Å². The third kappa shape index (κ3) is 5.02. The van der Waals surface area contributed by atoms with E-state index >= 15 is 0 Å². The summed E-state index contributed by atoms with van der Waals surface area (Å²) in [7, 11) is 0. The molecule has 164 valence electrons. The molecule has 31 heavy (non-hydrogen) atoms. The van der Waals surface area contributed by atoms with Crippen LogP contribution in [-0.4, -0.2) is 48.9 Å². The number of rotatable bonds is 6. The van der Waals surface area contributed by atoms with Gasteiger partial charge in [0.1, 0.15) is 0 Å². The minimum Gasteiger partial charge on any atom is -0.393 e. The number of aliphatic hydroxyl groups excluding tert-OH is 1. The summed E-state index contributed by atoms with van der Waals surface area (Å²) in [5, 5.41) is 21.4. The second kappa shape index (κ2) is 9.01. The van der Waals surface area contributed by atoms with E-state index in [-0.39, 0.29) is 24.1 Å². The predicted octanol–water partition coefficient (Wildman–Crippen LogP) is 2.98. The Balaban J connectivity index is 1.49. The molecule has 8 nitrogen and oxygen atoms in total. The number of aryl methyl sites for hydroxylation is 2. The Labute approximate surface area is 182 Å². The number of carbonyl (C=O) groups excluding carboxylic acids is 1. The maximum atomic E-state index is 13.0. The number of carbonyl (C=O) groups is 1. The molecule has 0 saturated heterocycles. The highest BCUT2D eigenvalue weighted by atomic mass is 16.3. The molecular formula is C23H30N6O2. The highest BCUT2D eigenvalue weighted by molar-refractivity contribution is 6.05. The van der Waals surface area contributed by atoms with Crippen molar-refractivity contribution < 1.29 is 9.90 Å². The molecule has 1 unspecified atom stereocenters. The summed E-state index contributed by atoms with van der Waals surface area (Å²) in [5.74, 6) is 0.356. The summed E-state index contributed by atoms with van der Waals surface area (Å²) in [6.07, 6.45) is 4.88. The Morgan fingerprint density at radius 3 is 2.74 bits per heavy atom. The van der Waals surface area contributed by atoms with Crippen LogP contribution in [0.5, 0.6) is 0 Å². The summed E-state index contributed by atoms with van der Waals surface area (Å²) in [6, 6.07) is 7.73. The Kier molecular flexibility index (Phi) is 6.18. The molecule has 1 aliphatic rings. The van der Waals surface area contributed by atoms with E-state index in [1.165, 1.54) is 0 Å². The third-order valence-electron chi connectivity index (χ3n) is 5.81. The Hall–Kier alpha value is -3.00. The molecule has 8 heteroatoms. The van der Waals surface area contributed by atoms with Crippen molar-refractivity contribution in [1.29, 1.82) is 0 Å². The number of aromatic nitrogens is 4. The quantitative estimate of drug-likeness (QED) is 0.564. The van der Waals surface area contributed by atoms with E-state index in [4.69, 9.17) is 0 Å². The second-order valence-corrected chi connectivity index (χ2v) is 8.57. The first-order valence-electron chi connectivity index (χ1n) is 10.9. The number of nitrogens with zero attached hydrogens (tertiary/aromatic N) is 4. The molecule has 1 fully saturated rings. The van der Waals surface area contributed by atoms with Gasteiger partial charge in [0.2, 0.25) is 5.95 Å². The van der Waals surface area contributed by atoms with Crippen LogP contribution in [0.4, 0.5) is 5.95 Å². The van der Waals surface area contributed by atoms with Gasteiger partial charge in [-0.05, 0) is 58.6 Å². The maximum Gasteiger partial charge on any atom is 0.253 e. The molecule has 1 atom stereocenters. The average molecular weight is 423 g/mol. The number of aliphatic hydroxyl groups is 1. The molecule has 3 N–H and O–H groups in total. The molecule has 1 aliphatic carbocycles. The van der Waals surface area contributed by atoms with E-state index in [9.17, 15) is 9.90 Å². The Bertz CT molecular complexity index is 1070. The van der Waals surface area contributed by atoms with Gasteiger partial charge in [0.15, 0.2) is 0 Å². The highest BCUT2D eigenvalue weighted by Crippen LogP contribution is 2.23. The second-order valence-electron chi connectivity index (χ2n) is 8.57. The lowest BCUT2D eigenvalue weighted by atomic mass is 9.93. The number of hydrogen-bond acceptors (Lipinski definition) is 6. The normalized spacial score (nSPS) is 19.9. The number of fused-ring (bicyclic) bond motifs is 1. The van der Waals surface area contributed by atoms with Crippen molar-refractivity contribution in [2.24, 2.45) is 0 Å². The van der Waals surface area contributed by atoms with Crippen LogP contribution in [0.15, 0.2) is 30.5 Å². The van der Waals surface area contributed by atoms with Gasteiger partial charge in [-0.2, -0.15) is 5.10 Å². The molecule has 4 rings (SSSR count). The number of amides is 1. The van der Waals surface area contributed by atoms with Crippen molar-refractivity contribution in [3.63, 3.8) is 0 Å². The van der Waals surface area contributed by atoms with Gasteiger partial charge in [0.05, 0.1) is 29.4 Å². The van der Waals surface area contributed by atoms with Crippen LogP contribution in [0.3, 0.4) is 0 Å². The van der Waals surface area contributed by atoms with E-state index in [1.807, 2.05) is 43.7 Å². The van der Waals surface area contributed by atoms with Crippen molar-refractivity contribution in [1.82, 2.24) is 25.1 Å². The van der Waals surface area contributed by atoms with Crippen molar-refractivity contribution in [3.05, 3.63) is 47.4 Å². The van der Waals surface area contributed by atoms with Gasteiger partial charge >= 0.3 is 0 Å². The van der Waals surface area contributed by atoms with Crippen LogP contribution in [0.1, 0.15) is 54.4 Å². The van der Waals surface area contributed by atoms with Gasteiger partial charge in [-0.3, -0.25) is 9.48 Å². The molecule has 1 amide bonds. The van der Waals surface area contributed by atoms with Gasteiger partial charge < -0.3 is 15.7 Å². The van der Waals surface area contributed by atoms with Gasteiger partial charge in [-0.1, -0.05) is 12.1 Å². The molecular weight excluding hydrogens is 392 g/mol. The molecule has 1 saturated carbocycles. The summed E-state index contributed by atoms with van der Waals surface area (Å²) in [6.45, 7) is 6.55. The van der Waals surface area contributed by atoms with Crippen LogP contribution in [0, 0.1) is 13.8 Å². The van der Waals surface area contributed by atoms with E-state index in [2.05, 4.69) is 25.7 Å². The van der Waals surface area contributed by atoms with Crippen LogP contribution in [0.2, 0.25) is 0 Å². The standard InChI is InChI=1S/C23H30N6O2/c1-14-11-16(3)29(28-14)13-15(2)25-22(31)20-6-4-5-17-12-24-23(27-21(17)20)26-18-7-9-19(30)10-8-18/h4-6,11-12,15,18-19,30H,7-10,13H2,1-3H3,(H,25,31)(H,24,26,27)/t15?,18-,19-. The number of nitrogens with one attached hydrogen (secondary N) is 2. The van der Waals surface area contributed by atoms with Gasteiger partial charge in [-0.25, -0.2) is 9.97 Å². The summed E-state index contributed by atoms with van der Waals surface area (Å²) < 4.78 is 1.91. The monoisotopic (exact) mass is 422 g/mol. The fourth-order valence-corrected chi connectivity index (χ4v) is 4.18. The van der Waals surface area contributed by atoms with Crippen molar-refractivity contribution in [3.8, 4) is 0 Å². The highest BCUT2D eigenvalue weighted by Gasteiger charge is 2.21. The zero-order valence-electron chi connectivity index (χ0n) is 18.3. The molecule has 2 aromatic heterocycles. The molecule has 0 spiro atoms. The Morgan fingerprint density at radius 2 is 2.03 bits per heavy atom. The fourth-order valence-electron chi connectivity index (χ4n) is 4.18. The molecule has 2 heterocycles. The predicted molar refractivity (Wildman–Crippen MR) is 120 cm³/mol. The number of benzene rings is 1.